The monoisotopic (exact) mass is 221 g/mol. The highest BCUT2D eigenvalue weighted by Crippen LogP contribution is 2.25. The molecule has 59 valence electrons. The molecule has 4 heteroatoms. The molecule has 0 spiro atoms. The van der Waals surface area contributed by atoms with Crippen LogP contribution in [0.5, 0.6) is 5.75 Å². The summed E-state index contributed by atoms with van der Waals surface area (Å²) in [6, 6.07) is 8.46. The fraction of sp³-hybridized carbons (Fsp3) is 0.143. The maximum Gasteiger partial charge on any atom is 0.459 e. The molecule has 1 radical (unpaired) electrons. The highest BCUT2D eigenvalue weighted by molar-refractivity contribution is 9.09. The molecule has 0 atom stereocenters. The van der Waals surface area contributed by atoms with Gasteiger partial charge in [-0.15, -0.1) is 0 Å². The van der Waals surface area contributed by atoms with Crippen LogP contribution in [0.3, 0.4) is 0 Å². The molecule has 1 aromatic carbocycles. The van der Waals surface area contributed by atoms with Crippen LogP contribution in [0.25, 0.3) is 0 Å². The second-order valence-corrected chi connectivity index (χ2v) is 2.71. The Morgan fingerprint density at radius 2 is 1.91 bits per heavy atom. The highest BCUT2D eigenvalue weighted by Gasteiger charge is 2.25. The zero-order chi connectivity index (χ0) is 8.32. The van der Waals surface area contributed by atoms with Crippen molar-refractivity contribution in [1.82, 2.24) is 0 Å². The SMILES string of the molecule is FC(F)(Br)Oc1cc[c]cc1. The maximum atomic E-state index is 12.1. The molecule has 0 heterocycles. The maximum absolute atomic E-state index is 12.1. The van der Waals surface area contributed by atoms with Gasteiger partial charge in [0.25, 0.3) is 0 Å². The van der Waals surface area contributed by atoms with Gasteiger partial charge in [0.1, 0.15) is 5.75 Å². The lowest BCUT2D eigenvalue weighted by molar-refractivity contribution is -0.0802. The third-order valence-electron chi connectivity index (χ3n) is 0.921. The summed E-state index contributed by atoms with van der Waals surface area (Å²) in [5, 5.41) is -3.30. The van der Waals surface area contributed by atoms with Crippen LogP contribution in [0.4, 0.5) is 8.78 Å². The van der Waals surface area contributed by atoms with E-state index in [0.29, 0.717) is 0 Å². The van der Waals surface area contributed by atoms with Gasteiger partial charge in [0.05, 0.1) is 0 Å². The Labute approximate surface area is 71.1 Å². The van der Waals surface area contributed by atoms with E-state index in [-0.39, 0.29) is 5.75 Å². The third-order valence-corrected chi connectivity index (χ3v) is 1.08. The van der Waals surface area contributed by atoms with E-state index in [0.717, 1.165) is 0 Å². The fourth-order valence-electron chi connectivity index (χ4n) is 0.573. The molecule has 1 nitrogen and oxygen atoms in total. The first-order valence-electron chi connectivity index (χ1n) is 2.80. The van der Waals surface area contributed by atoms with Crippen molar-refractivity contribution in [2.45, 2.75) is 5.02 Å². The lowest BCUT2D eigenvalue weighted by atomic mass is 10.3. The van der Waals surface area contributed by atoms with E-state index in [9.17, 15) is 8.78 Å². The third kappa shape index (κ3) is 3.32. The summed E-state index contributed by atoms with van der Waals surface area (Å²) >= 11 is 2.05. The van der Waals surface area contributed by atoms with Crippen molar-refractivity contribution in [3.8, 4) is 5.75 Å². The average molecular weight is 222 g/mol. The van der Waals surface area contributed by atoms with Gasteiger partial charge in [0.2, 0.25) is 0 Å². The first-order valence-corrected chi connectivity index (χ1v) is 3.59. The summed E-state index contributed by atoms with van der Waals surface area (Å²) in [7, 11) is 0. The van der Waals surface area contributed by atoms with Crippen LogP contribution in [0.2, 0.25) is 0 Å². The van der Waals surface area contributed by atoms with Gasteiger partial charge in [-0.1, -0.05) is 12.1 Å². The summed E-state index contributed by atoms with van der Waals surface area (Å²) in [5.41, 5.74) is 0. The van der Waals surface area contributed by atoms with Crippen molar-refractivity contribution in [3.63, 3.8) is 0 Å². The average Bonchev–Trinajstić information content (AvgIpc) is 1.85. The first kappa shape index (κ1) is 8.46. The highest BCUT2D eigenvalue weighted by atomic mass is 79.9. The van der Waals surface area contributed by atoms with Gasteiger partial charge in [0.15, 0.2) is 0 Å². The molecule has 0 aliphatic heterocycles. The lowest BCUT2D eigenvalue weighted by Crippen LogP contribution is -2.14. The minimum atomic E-state index is -3.30. The minimum absolute atomic E-state index is 0.102. The number of hydrogen-bond acceptors (Lipinski definition) is 1. The second kappa shape index (κ2) is 3.17. The predicted molar refractivity (Wildman–Crippen MR) is 39.8 cm³/mol. The van der Waals surface area contributed by atoms with Crippen LogP contribution in [0.15, 0.2) is 24.3 Å². The smallest absolute Gasteiger partial charge is 0.424 e. The van der Waals surface area contributed by atoms with Gasteiger partial charge < -0.3 is 4.74 Å². The largest absolute Gasteiger partial charge is 0.459 e. The zero-order valence-electron chi connectivity index (χ0n) is 5.35. The van der Waals surface area contributed by atoms with Gasteiger partial charge >= 0.3 is 5.02 Å². The minimum Gasteiger partial charge on any atom is -0.424 e. The Kier molecular flexibility index (Phi) is 2.44. The Morgan fingerprint density at radius 3 is 2.36 bits per heavy atom. The zero-order valence-corrected chi connectivity index (χ0v) is 6.94. The van der Waals surface area contributed by atoms with Crippen LogP contribution in [-0.2, 0) is 0 Å². The molecular formula is C7H4BrF2O. The van der Waals surface area contributed by atoms with Crippen LogP contribution in [0.1, 0.15) is 0 Å². The Morgan fingerprint density at radius 1 is 1.36 bits per heavy atom. The molecule has 0 saturated heterocycles. The van der Waals surface area contributed by atoms with Crippen molar-refractivity contribution in [2.75, 3.05) is 0 Å². The van der Waals surface area contributed by atoms with E-state index >= 15 is 0 Å². The van der Waals surface area contributed by atoms with Crippen LogP contribution >= 0.6 is 15.9 Å². The van der Waals surface area contributed by atoms with E-state index in [1.54, 1.807) is 0 Å². The first-order chi connectivity index (χ1) is 5.08. The normalized spacial score (nSPS) is 11.2. The summed E-state index contributed by atoms with van der Waals surface area (Å²) in [6.07, 6.45) is 0. The van der Waals surface area contributed by atoms with Crippen molar-refractivity contribution >= 4 is 15.9 Å². The molecule has 0 N–H and O–H groups in total. The Hall–Kier alpha value is -0.640. The molecule has 0 bridgehead atoms. The van der Waals surface area contributed by atoms with Gasteiger partial charge in [0, 0.05) is 15.9 Å². The molecule has 0 aliphatic carbocycles. The molecular weight excluding hydrogens is 218 g/mol. The molecule has 1 rings (SSSR count). The Balaban J connectivity index is 2.66. The molecule has 0 aromatic heterocycles. The topological polar surface area (TPSA) is 9.23 Å². The molecule has 0 unspecified atom stereocenters. The van der Waals surface area contributed by atoms with Crippen molar-refractivity contribution < 1.29 is 13.5 Å². The number of benzene rings is 1. The standard InChI is InChI=1S/C7H4BrF2O/c8-7(9,10)11-6-4-2-1-3-5-6/h2-5H. The molecule has 0 amide bonds. The van der Waals surface area contributed by atoms with Crippen molar-refractivity contribution in [3.05, 3.63) is 30.3 Å². The molecule has 0 saturated carbocycles. The van der Waals surface area contributed by atoms with E-state index in [1.807, 2.05) is 15.9 Å². The number of rotatable bonds is 2. The molecule has 1 aromatic rings. The summed E-state index contributed by atoms with van der Waals surface area (Å²) < 4.78 is 28.3. The van der Waals surface area contributed by atoms with Gasteiger partial charge in [-0.3, -0.25) is 0 Å². The Bertz CT molecular complexity index is 220. The molecule has 0 fully saturated rings. The van der Waals surface area contributed by atoms with Crippen molar-refractivity contribution in [1.29, 1.82) is 0 Å². The van der Waals surface area contributed by atoms with Gasteiger partial charge in [-0.05, 0) is 18.2 Å². The van der Waals surface area contributed by atoms with E-state index in [4.69, 9.17) is 0 Å². The van der Waals surface area contributed by atoms with Gasteiger partial charge in [-0.2, -0.15) is 8.78 Å². The van der Waals surface area contributed by atoms with Gasteiger partial charge in [-0.25, -0.2) is 0 Å². The lowest BCUT2D eigenvalue weighted by Gasteiger charge is -2.09. The fourth-order valence-corrected chi connectivity index (χ4v) is 0.760. The number of halogens is 3. The number of alkyl halides is 3. The van der Waals surface area contributed by atoms with Crippen molar-refractivity contribution in [2.24, 2.45) is 0 Å². The molecule has 11 heavy (non-hydrogen) atoms. The van der Waals surface area contributed by atoms with Crippen LogP contribution < -0.4 is 4.74 Å². The predicted octanol–water partition coefficient (Wildman–Crippen LogP) is 2.81. The van der Waals surface area contributed by atoms with E-state index < -0.39 is 5.02 Å². The second-order valence-electron chi connectivity index (χ2n) is 1.78. The summed E-state index contributed by atoms with van der Waals surface area (Å²) in [5.74, 6) is 0.102. The summed E-state index contributed by atoms with van der Waals surface area (Å²) in [6.45, 7) is 0. The number of hydrogen-bond donors (Lipinski definition) is 0. The van der Waals surface area contributed by atoms with Crippen LogP contribution in [0, 0.1) is 6.07 Å². The van der Waals surface area contributed by atoms with E-state index in [2.05, 4.69) is 10.8 Å². The quantitative estimate of drug-likeness (QED) is 0.699. The van der Waals surface area contributed by atoms with Crippen LogP contribution in [-0.4, -0.2) is 5.02 Å². The summed E-state index contributed by atoms with van der Waals surface area (Å²) in [4.78, 5) is 0. The molecule has 0 aliphatic rings. The number of ether oxygens (including phenoxy) is 1. The van der Waals surface area contributed by atoms with E-state index in [1.165, 1.54) is 24.3 Å².